The molecule has 0 fully saturated rings. The Balaban J connectivity index is 2.16. The van der Waals surface area contributed by atoms with Crippen molar-refractivity contribution in [1.29, 1.82) is 0 Å². The molecule has 0 spiro atoms. The molecule has 3 rings (SSSR count). The molecule has 0 N–H and O–H groups in total. The van der Waals surface area contributed by atoms with Crippen LogP contribution in [0.15, 0.2) is 12.1 Å². The van der Waals surface area contributed by atoms with Crippen LogP contribution in [0.4, 0.5) is 0 Å². The topological polar surface area (TPSA) is 56.3 Å². The molecule has 0 bridgehead atoms. The molecule has 1 aliphatic rings. The molecule has 2 aromatic rings. The number of ether oxygens (including phenoxy) is 1. The van der Waals surface area contributed by atoms with E-state index in [0.717, 1.165) is 30.3 Å². The molecule has 0 aliphatic heterocycles. The standard InChI is InChI=1S/C17H16ClNO3/c1-10(21)22-9-13-7-12-6-11-4-2-3-5-15(11)19-17(12)16(18)14(13)8-20/h6-8H,2-5,9H2,1H3. The van der Waals surface area contributed by atoms with Crippen LogP contribution in [0.3, 0.4) is 0 Å². The molecule has 0 radical (unpaired) electrons. The Hall–Kier alpha value is -1.94. The number of pyridine rings is 1. The number of fused-ring (bicyclic) bond motifs is 2. The number of aromatic nitrogens is 1. The van der Waals surface area contributed by atoms with Crippen molar-refractivity contribution in [2.24, 2.45) is 0 Å². The Labute approximate surface area is 133 Å². The first-order chi connectivity index (χ1) is 10.6. The number of aldehydes is 1. The van der Waals surface area contributed by atoms with Crippen molar-refractivity contribution in [3.63, 3.8) is 0 Å². The van der Waals surface area contributed by atoms with Gasteiger partial charge >= 0.3 is 5.97 Å². The number of carbonyl (C=O) groups excluding carboxylic acids is 2. The zero-order chi connectivity index (χ0) is 15.7. The molecule has 0 atom stereocenters. The first-order valence-electron chi connectivity index (χ1n) is 7.32. The van der Waals surface area contributed by atoms with Crippen LogP contribution in [0.2, 0.25) is 5.02 Å². The van der Waals surface area contributed by atoms with Gasteiger partial charge in [-0.3, -0.25) is 14.6 Å². The van der Waals surface area contributed by atoms with Gasteiger partial charge in [0.15, 0.2) is 6.29 Å². The fraction of sp³-hybridized carbons (Fsp3) is 0.353. The Morgan fingerprint density at radius 1 is 1.36 bits per heavy atom. The van der Waals surface area contributed by atoms with Gasteiger partial charge in [0.05, 0.1) is 10.5 Å². The second kappa shape index (κ2) is 6.05. The van der Waals surface area contributed by atoms with Gasteiger partial charge in [-0.2, -0.15) is 0 Å². The van der Waals surface area contributed by atoms with E-state index in [1.807, 2.05) is 6.07 Å². The highest BCUT2D eigenvalue weighted by Gasteiger charge is 2.17. The average molecular weight is 318 g/mol. The highest BCUT2D eigenvalue weighted by atomic mass is 35.5. The van der Waals surface area contributed by atoms with Crippen molar-refractivity contribution >= 4 is 34.8 Å². The molecular weight excluding hydrogens is 302 g/mol. The van der Waals surface area contributed by atoms with E-state index in [1.165, 1.54) is 18.9 Å². The first-order valence-corrected chi connectivity index (χ1v) is 7.70. The smallest absolute Gasteiger partial charge is 0.302 e. The lowest BCUT2D eigenvalue weighted by molar-refractivity contribution is -0.142. The fourth-order valence-corrected chi connectivity index (χ4v) is 3.21. The van der Waals surface area contributed by atoms with Crippen molar-refractivity contribution < 1.29 is 14.3 Å². The van der Waals surface area contributed by atoms with Crippen LogP contribution in [-0.2, 0) is 29.0 Å². The highest BCUT2D eigenvalue weighted by Crippen LogP contribution is 2.32. The number of hydrogen-bond donors (Lipinski definition) is 0. The Kier molecular flexibility index (Phi) is 4.12. The van der Waals surface area contributed by atoms with Crippen molar-refractivity contribution in [3.8, 4) is 0 Å². The molecule has 22 heavy (non-hydrogen) atoms. The van der Waals surface area contributed by atoms with E-state index in [0.29, 0.717) is 28.0 Å². The molecule has 0 saturated carbocycles. The maximum absolute atomic E-state index is 11.4. The summed E-state index contributed by atoms with van der Waals surface area (Å²) in [6, 6.07) is 3.93. The number of aryl methyl sites for hydroxylation is 2. The molecule has 0 amide bonds. The van der Waals surface area contributed by atoms with Gasteiger partial charge in [-0.15, -0.1) is 0 Å². The van der Waals surface area contributed by atoms with E-state index in [4.69, 9.17) is 16.3 Å². The largest absolute Gasteiger partial charge is 0.461 e. The van der Waals surface area contributed by atoms with Gasteiger partial charge in [0, 0.05) is 29.1 Å². The normalized spacial score (nSPS) is 13.7. The number of benzene rings is 1. The summed E-state index contributed by atoms with van der Waals surface area (Å²) < 4.78 is 5.01. The van der Waals surface area contributed by atoms with Gasteiger partial charge in [-0.25, -0.2) is 0 Å². The molecular formula is C17H16ClNO3. The number of hydrogen-bond acceptors (Lipinski definition) is 4. The lowest BCUT2D eigenvalue weighted by Crippen LogP contribution is -2.07. The summed E-state index contributed by atoms with van der Waals surface area (Å²) in [5.41, 5.74) is 3.92. The van der Waals surface area contributed by atoms with Crippen LogP contribution in [0, 0.1) is 0 Å². The van der Waals surface area contributed by atoms with Crippen molar-refractivity contribution in [1.82, 2.24) is 4.98 Å². The van der Waals surface area contributed by atoms with Gasteiger partial charge in [0.2, 0.25) is 0 Å². The van der Waals surface area contributed by atoms with Gasteiger partial charge in [0.1, 0.15) is 6.61 Å². The predicted molar refractivity (Wildman–Crippen MR) is 84.3 cm³/mol. The van der Waals surface area contributed by atoms with Crippen LogP contribution in [-0.4, -0.2) is 17.2 Å². The van der Waals surface area contributed by atoms with Crippen LogP contribution in [0.1, 0.15) is 46.9 Å². The third kappa shape index (κ3) is 2.71. The minimum atomic E-state index is -0.392. The number of carbonyl (C=O) groups is 2. The van der Waals surface area contributed by atoms with Gasteiger partial charge < -0.3 is 4.74 Å². The van der Waals surface area contributed by atoms with E-state index < -0.39 is 5.97 Å². The fourth-order valence-electron chi connectivity index (χ4n) is 2.90. The molecule has 5 heteroatoms. The third-order valence-electron chi connectivity index (χ3n) is 4.00. The predicted octanol–water partition coefficient (Wildman–Crippen LogP) is 3.64. The minimum Gasteiger partial charge on any atom is -0.461 e. The maximum atomic E-state index is 11.4. The molecule has 1 aliphatic carbocycles. The van der Waals surface area contributed by atoms with E-state index in [2.05, 4.69) is 11.1 Å². The molecule has 0 saturated heterocycles. The summed E-state index contributed by atoms with van der Waals surface area (Å²) in [5, 5.41) is 1.22. The summed E-state index contributed by atoms with van der Waals surface area (Å²) in [7, 11) is 0. The summed E-state index contributed by atoms with van der Waals surface area (Å²) in [6.45, 7) is 1.37. The lowest BCUT2D eigenvalue weighted by Gasteiger charge is -2.17. The van der Waals surface area contributed by atoms with Gasteiger partial charge in [-0.1, -0.05) is 11.6 Å². The van der Waals surface area contributed by atoms with Crippen molar-refractivity contribution in [2.75, 3.05) is 0 Å². The second-order valence-electron chi connectivity index (χ2n) is 5.53. The monoisotopic (exact) mass is 317 g/mol. The maximum Gasteiger partial charge on any atom is 0.302 e. The van der Waals surface area contributed by atoms with Crippen molar-refractivity contribution in [2.45, 2.75) is 39.2 Å². The van der Waals surface area contributed by atoms with E-state index in [1.54, 1.807) is 0 Å². The van der Waals surface area contributed by atoms with E-state index >= 15 is 0 Å². The SMILES string of the molecule is CC(=O)OCc1cc2cc3c(nc2c(Cl)c1C=O)CCCC3. The molecule has 4 nitrogen and oxygen atoms in total. The number of nitrogens with zero attached hydrogens (tertiary/aromatic N) is 1. The van der Waals surface area contributed by atoms with Gasteiger partial charge in [0.25, 0.3) is 0 Å². The van der Waals surface area contributed by atoms with Crippen LogP contribution in [0.5, 0.6) is 0 Å². The van der Waals surface area contributed by atoms with Crippen LogP contribution >= 0.6 is 11.6 Å². The Morgan fingerprint density at radius 2 is 2.14 bits per heavy atom. The van der Waals surface area contributed by atoms with Crippen LogP contribution in [0.25, 0.3) is 10.9 Å². The van der Waals surface area contributed by atoms with Crippen LogP contribution < -0.4 is 0 Å². The summed E-state index contributed by atoms with van der Waals surface area (Å²) >= 11 is 6.37. The quantitative estimate of drug-likeness (QED) is 0.640. The summed E-state index contributed by atoms with van der Waals surface area (Å²) in [4.78, 5) is 27.0. The molecule has 114 valence electrons. The summed E-state index contributed by atoms with van der Waals surface area (Å²) in [5.74, 6) is -0.392. The zero-order valence-corrected chi connectivity index (χ0v) is 13.1. The van der Waals surface area contributed by atoms with E-state index in [9.17, 15) is 9.59 Å². The first kappa shape index (κ1) is 15.0. The van der Waals surface area contributed by atoms with Gasteiger partial charge in [-0.05, 0) is 43.4 Å². The second-order valence-corrected chi connectivity index (χ2v) is 5.91. The zero-order valence-electron chi connectivity index (χ0n) is 12.3. The minimum absolute atomic E-state index is 0.0378. The highest BCUT2D eigenvalue weighted by molar-refractivity contribution is 6.37. The molecule has 1 aromatic carbocycles. The Morgan fingerprint density at radius 3 is 2.86 bits per heavy atom. The lowest BCUT2D eigenvalue weighted by atomic mass is 9.94. The molecule has 0 unspecified atom stereocenters. The average Bonchev–Trinajstić information content (AvgIpc) is 2.51. The Bertz CT molecular complexity index is 770. The number of rotatable bonds is 3. The summed E-state index contributed by atoms with van der Waals surface area (Å²) in [6.07, 6.45) is 4.97. The molecule has 1 heterocycles. The number of esters is 1. The van der Waals surface area contributed by atoms with Crippen molar-refractivity contribution in [3.05, 3.63) is 39.5 Å². The molecule has 1 aromatic heterocycles. The van der Waals surface area contributed by atoms with E-state index in [-0.39, 0.29) is 6.61 Å². The number of halogens is 1. The third-order valence-corrected chi connectivity index (χ3v) is 4.38.